The van der Waals surface area contributed by atoms with Gasteiger partial charge in [0, 0.05) is 7.05 Å². The van der Waals surface area contributed by atoms with Crippen LogP contribution < -0.4 is 9.44 Å². The van der Waals surface area contributed by atoms with Crippen LogP contribution in [-0.4, -0.2) is 26.5 Å². The van der Waals surface area contributed by atoms with E-state index in [9.17, 15) is 13.2 Å². The molecular weight excluding hydrogens is 236 g/mol. The molecular formula is C8H12N2O5S. The molecule has 0 aliphatic heterocycles. The maximum atomic E-state index is 11.0. The van der Waals surface area contributed by atoms with Crippen LogP contribution in [0.1, 0.15) is 21.9 Å². The van der Waals surface area contributed by atoms with Gasteiger partial charge in [0.1, 0.15) is 17.1 Å². The lowest BCUT2D eigenvalue weighted by Crippen LogP contribution is -2.33. The summed E-state index contributed by atoms with van der Waals surface area (Å²) in [6.07, 6.45) is 0. The zero-order chi connectivity index (χ0) is 12.3. The number of carbonyl (C=O) groups is 1. The number of furan rings is 1. The molecule has 7 nitrogen and oxygen atoms in total. The molecule has 0 amide bonds. The van der Waals surface area contributed by atoms with Gasteiger partial charge >= 0.3 is 5.97 Å². The summed E-state index contributed by atoms with van der Waals surface area (Å²) >= 11 is 0. The van der Waals surface area contributed by atoms with E-state index in [0.29, 0.717) is 0 Å². The largest absolute Gasteiger partial charge is 0.478 e. The van der Waals surface area contributed by atoms with Crippen LogP contribution in [-0.2, 0) is 16.8 Å². The maximum absolute atomic E-state index is 11.0. The zero-order valence-electron chi connectivity index (χ0n) is 8.77. The molecule has 0 saturated carbocycles. The number of aromatic carboxylic acids is 1. The van der Waals surface area contributed by atoms with E-state index < -0.39 is 16.2 Å². The van der Waals surface area contributed by atoms with Crippen LogP contribution in [0, 0.1) is 6.92 Å². The average molecular weight is 248 g/mol. The fraction of sp³-hybridized carbons (Fsp3) is 0.375. The Morgan fingerprint density at radius 1 is 1.56 bits per heavy atom. The molecule has 0 aliphatic carbocycles. The second-order valence-corrected chi connectivity index (χ2v) is 4.72. The van der Waals surface area contributed by atoms with Gasteiger partial charge in [-0.25, -0.2) is 9.52 Å². The number of aryl methyl sites for hydroxylation is 1. The third kappa shape index (κ3) is 3.05. The molecule has 90 valence electrons. The summed E-state index contributed by atoms with van der Waals surface area (Å²) in [5, 5.41) is 8.74. The van der Waals surface area contributed by atoms with Gasteiger partial charge in [0.25, 0.3) is 10.2 Å². The first-order valence-electron chi connectivity index (χ1n) is 4.36. The van der Waals surface area contributed by atoms with Gasteiger partial charge in [-0.15, -0.1) is 0 Å². The van der Waals surface area contributed by atoms with Gasteiger partial charge in [-0.1, -0.05) is 0 Å². The first kappa shape index (κ1) is 12.7. The molecule has 0 bridgehead atoms. The zero-order valence-corrected chi connectivity index (χ0v) is 9.59. The average Bonchev–Trinajstić information content (AvgIpc) is 2.57. The van der Waals surface area contributed by atoms with Gasteiger partial charge in [-0.3, -0.25) is 0 Å². The Balaban J connectivity index is 2.77. The second-order valence-electron chi connectivity index (χ2n) is 3.02. The van der Waals surface area contributed by atoms with E-state index in [4.69, 9.17) is 9.52 Å². The first-order valence-corrected chi connectivity index (χ1v) is 5.85. The molecule has 1 heterocycles. The Labute approximate surface area is 92.6 Å². The van der Waals surface area contributed by atoms with Crippen LogP contribution in [0.25, 0.3) is 0 Å². The Morgan fingerprint density at radius 2 is 2.19 bits per heavy atom. The molecule has 0 aromatic carbocycles. The van der Waals surface area contributed by atoms with E-state index in [2.05, 4.69) is 9.44 Å². The van der Waals surface area contributed by atoms with Crippen molar-refractivity contribution in [3.05, 3.63) is 23.2 Å². The van der Waals surface area contributed by atoms with E-state index in [1.54, 1.807) is 0 Å². The molecule has 0 radical (unpaired) electrons. The van der Waals surface area contributed by atoms with Crippen LogP contribution in [0.2, 0.25) is 0 Å². The van der Waals surface area contributed by atoms with Crippen LogP contribution in [0.5, 0.6) is 0 Å². The minimum absolute atomic E-state index is 0.0265. The number of hydrogen-bond donors (Lipinski definition) is 3. The highest BCUT2D eigenvalue weighted by Gasteiger charge is 2.14. The SMILES string of the molecule is CNS(=O)(=O)NCc1cc(C(=O)O)c(C)o1. The normalized spacial score (nSPS) is 11.6. The summed E-state index contributed by atoms with van der Waals surface area (Å²) in [4.78, 5) is 10.7. The molecule has 1 rings (SSSR count). The van der Waals surface area contributed by atoms with Gasteiger partial charge in [0.05, 0.1) is 6.54 Å². The van der Waals surface area contributed by atoms with E-state index >= 15 is 0 Å². The molecule has 0 atom stereocenters. The highest BCUT2D eigenvalue weighted by molar-refractivity contribution is 7.87. The number of carboxylic acid groups (broad SMARTS) is 1. The molecule has 3 N–H and O–H groups in total. The van der Waals surface area contributed by atoms with Crippen LogP contribution in [0.4, 0.5) is 0 Å². The van der Waals surface area contributed by atoms with Gasteiger partial charge in [-0.2, -0.15) is 13.1 Å². The second kappa shape index (κ2) is 4.64. The van der Waals surface area contributed by atoms with Gasteiger partial charge in [0.15, 0.2) is 0 Å². The standard InChI is InChI=1S/C8H12N2O5S/c1-5-7(8(11)12)3-6(15-5)4-10-16(13,14)9-2/h3,9-10H,4H2,1-2H3,(H,11,12). The maximum Gasteiger partial charge on any atom is 0.339 e. The van der Waals surface area contributed by atoms with Crippen molar-refractivity contribution >= 4 is 16.2 Å². The monoisotopic (exact) mass is 248 g/mol. The number of nitrogens with one attached hydrogen (secondary N) is 2. The lowest BCUT2D eigenvalue weighted by molar-refractivity contribution is 0.0695. The summed E-state index contributed by atoms with van der Waals surface area (Å²) in [5.41, 5.74) is 0.0265. The van der Waals surface area contributed by atoms with Crippen molar-refractivity contribution in [3.8, 4) is 0 Å². The van der Waals surface area contributed by atoms with Crippen LogP contribution >= 0.6 is 0 Å². The van der Waals surface area contributed by atoms with E-state index in [1.165, 1.54) is 20.0 Å². The van der Waals surface area contributed by atoms with Crippen molar-refractivity contribution in [2.45, 2.75) is 13.5 Å². The molecule has 0 saturated heterocycles. The molecule has 1 aromatic rings. The molecule has 8 heteroatoms. The van der Waals surface area contributed by atoms with Crippen molar-refractivity contribution in [2.75, 3.05) is 7.05 Å². The topological polar surface area (TPSA) is 109 Å². The lowest BCUT2D eigenvalue weighted by Gasteiger charge is -2.01. The number of rotatable bonds is 5. The van der Waals surface area contributed by atoms with E-state index in [1.807, 2.05) is 0 Å². The molecule has 16 heavy (non-hydrogen) atoms. The van der Waals surface area contributed by atoms with Gasteiger partial charge < -0.3 is 9.52 Å². The summed E-state index contributed by atoms with van der Waals surface area (Å²) < 4.78 is 31.4. The molecule has 0 spiro atoms. The van der Waals surface area contributed by atoms with Crippen molar-refractivity contribution in [2.24, 2.45) is 0 Å². The van der Waals surface area contributed by atoms with Gasteiger partial charge in [-0.05, 0) is 13.0 Å². The summed E-state index contributed by atoms with van der Waals surface area (Å²) in [6.45, 7) is 1.40. The van der Waals surface area contributed by atoms with Gasteiger partial charge in [0.2, 0.25) is 0 Å². The molecule has 0 fully saturated rings. The Bertz CT molecular complexity index is 491. The van der Waals surface area contributed by atoms with Crippen molar-refractivity contribution in [1.29, 1.82) is 0 Å². The fourth-order valence-electron chi connectivity index (χ4n) is 1.08. The van der Waals surface area contributed by atoms with Crippen molar-refractivity contribution in [1.82, 2.24) is 9.44 Å². The predicted molar refractivity (Wildman–Crippen MR) is 55.2 cm³/mol. The van der Waals surface area contributed by atoms with Crippen molar-refractivity contribution in [3.63, 3.8) is 0 Å². The quantitative estimate of drug-likeness (QED) is 0.671. The third-order valence-electron chi connectivity index (χ3n) is 1.90. The molecule has 1 aromatic heterocycles. The Morgan fingerprint density at radius 3 is 2.62 bits per heavy atom. The first-order chi connectivity index (χ1) is 7.35. The molecule has 0 unspecified atom stereocenters. The predicted octanol–water partition coefficient (Wildman–Crippen LogP) is -0.160. The summed E-state index contributed by atoms with van der Waals surface area (Å²) in [5.74, 6) is -0.621. The summed E-state index contributed by atoms with van der Waals surface area (Å²) in [7, 11) is -2.29. The Kier molecular flexibility index (Phi) is 3.68. The molecule has 0 aliphatic rings. The van der Waals surface area contributed by atoms with Crippen LogP contribution in [0.3, 0.4) is 0 Å². The van der Waals surface area contributed by atoms with Crippen molar-refractivity contribution < 1.29 is 22.7 Å². The third-order valence-corrected chi connectivity index (χ3v) is 2.97. The van der Waals surface area contributed by atoms with E-state index in [-0.39, 0.29) is 23.6 Å². The lowest BCUT2D eigenvalue weighted by atomic mass is 10.2. The Hall–Kier alpha value is -1.38. The highest BCUT2D eigenvalue weighted by atomic mass is 32.2. The minimum atomic E-state index is -3.55. The summed E-state index contributed by atoms with van der Waals surface area (Å²) in [6, 6.07) is 1.29. The smallest absolute Gasteiger partial charge is 0.339 e. The minimum Gasteiger partial charge on any atom is -0.478 e. The fourth-order valence-corrected chi connectivity index (χ4v) is 1.56. The number of hydrogen-bond acceptors (Lipinski definition) is 4. The van der Waals surface area contributed by atoms with Crippen LogP contribution in [0.15, 0.2) is 10.5 Å². The van der Waals surface area contributed by atoms with E-state index in [0.717, 1.165) is 0 Å². The highest BCUT2D eigenvalue weighted by Crippen LogP contribution is 2.14. The number of carboxylic acids is 1.